The molecule has 0 spiro atoms. The van der Waals surface area contributed by atoms with Crippen LogP contribution < -0.4 is 10.2 Å². The van der Waals surface area contributed by atoms with Crippen LogP contribution in [0.1, 0.15) is 47.8 Å². The van der Waals surface area contributed by atoms with Gasteiger partial charge in [0.1, 0.15) is 11.3 Å². The summed E-state index contributed by atoms with van der Waals surface area (Å²) in [5.74, 6) is 0.592. The molecule has 0 aliphatic carbocycles. The second-order valence-corrected chi connectivity index (χ2v) is 9.14. The van der Waals surface area contributed by atoms with Crippen molar-refractivity contribution < 1.29 is 14.6 Å². The molecule has 2 aliphatic rings. The van der Waals surface area contributed by atoms with Crippen LogP contribution in [0, 0.1) is 12.8 Å². The number of hydrogen-bond donors (Lipinski definition) is 1. The van der Waals surface area contributed by atoms with Crippen LogP contribution in [0.4, 0.5) is 0 Å². The van der Waals surface area contributed by atoms with Crippen LogP contribution >= 0.6 is 0 Å². The maximum atomic E-state index is 12.3. The monoisotopic (exact) mass is 431 g/mol. The van der Waals surface area contributed by atoms with E-state index in [1.54, 1.807) is 0 Å². The van der Waals surface area contributed by atoms with Crippen molar-refractivity contribution in [3.05, 3.63) is 75.1 Å². The third-order valence-corrected chi connectivity index (χ3v) is 5.69. The smallest absolute Gasteiger partial charge is 0.341 e. The molecule has 0 amide bonds. The van der Waals surface area contributed by atoms with Gasteiger partial charge in [0, 0.05) is 41.9 Å². The van der Waals surface area contributed by atoms with E-state index in [0.29, 0.717) is 13.2 Å². The molecule has 1 aromatic heterocycles. The SMILES string of the molecule is CC(C)C.Cc1ccc(-c2cc3c(c4c2OCC4)CCn2cc(C(=O)O)c(=O)cc2-3)cc1. The first-order valence-electron chi connectivity index (χ1n) is 11.1. The molecule has 0 unspecified atom stereocenters. The Morgan fingerprint density at radius 3 is 2.38 bits per heavy atom. The molecular formula is C27H29NO4. The summed E-state index contributed by atoms with van der Waals surface area (Å²) in [6.45, 7) is 9.87. The van der Waals surface area contributed by atoms with Crippen molar-refractivity contribution >= 4 is 5.97 Å². The molecule has 3 aromatic rings. The molecule has 0 atom stereocenters. The van der Waals surface area contributed by atoms with Crippen LogP contribution in [0.5, 0.6) is 5.75 Å². The van der Waals surface area contributed by atoms with Gasteiger partial charge in [-0.1, -0.05) is 50.6 Å². The molecule has 3 heterocycles. The number of rotatable bonds is 2. The summed E-state index contributed by atoms with van der Waals surface area (Å²) in [6, 6.07) is 11.9. The Morgan fingerprint density at radius 2 is 1.72 bits per heavy atom. The highest BCUT2D eigenvalue weighted by Gasteiger charge is 2.28. The van der Waals surface area contributed by atoms with Crippen molar-refractivity contribution in [2.45, 2.75) is 47.1 Å². The van der Waals surface area contributed by atoms with Crippen molar-refractivity contribution in [2.24, 2.45) is 5.92 Å². The summed E-state index contributed by atoms with van der Waals surface area (Å²) in [5.41, 5.74) is 6.86. The number of carboxylic acids is 1. The number of carbonyl (C=O) groups is 1. The Bertz CT molecular complexity index is 1230. The molecule has 0 saturated carbocycles. The van der Waals surface area contributed by atoms with Crippen molar-refractivity contribution in [3.63, 3.8) is 0 Å². The second-order valence-electron chi connectivity index (χ2n) is 9.14. The number of aromatic nitrogens is 1. The van der Waals surface area contributed by atoms with Gasteiger partial charge in [0.2, 0.25) is 0 Å². The van der Waals surface area contributed by atoms with E-state index >= 15 is 0 Å². The summed E-state index contributed by atoms with van der Waals surface area (Å²) >= 11 is 0. The number of aromatic carboxylic acids is 1. The van der Waals surface area contributed by atoms with E-state index in [0.717, 1.165) is 46.9 Å². The Hall–Kier alpha value is -3.34. The number of pyridine rings is 1. The molecule has 2 aromatic carbocycles. The molecule has 5 nitrogen and oxygen atoms in total. The Morgan fingerprint density at radius 1 is 1.03 bits per heavy atom. The second kappa shape index (κ2) is 8.65. The van der Waals surface area contributed by atoms with Crippen molar-refractivity contribution in [2.75, 3.05) is 6.61 Å². The highest BCUT2D eigenvalue weighted by molar-refractivity contribution is 5.88. The predicted molar refractivity (Wildman–Crippen MR) is 127 cm³/mol. The molecule has 0 radical (unpaired) electrons. The Balaban J connectivity index is 0.000000567. The zero-order valence-electron chi connectivity index (χ0n) is 19.1. The highest BCUT2D eigenvalue weighted by atomic mass is 16.5. The van der Waals surface area contributed by atoms with Crippen molar-refractivity contribution in [1.29, 1.82) is 0 Å². The molecule has 166 valence electrons. The van der Waals surface area contributed by atoms with Gasteiger partial charge in [-0.25, -0.2) is 4.79 Å². The number of benzene rings is 2. The molecule has 32 heavy (non-hydrogen) atoms. The van der Waals surface area contributed by atoms with E-state index in [1.165, 1.54) is 29.0 Å². The normalized spacial score (nSPS) is 13.4. The Labute approximate surface area is 188 Å². The quantitative estimate of drug-likeness (QED) is 0.594. The van der Waals surface area contributed by atoms with Crippen molar-refractivity contribution in [3.8, 4) is 28.1 Å². The highest BCUT2D eigenvalue weighted by Crippen LogP contribution is 2.45. The number of nitrogens with zero attached hydrogens (tertiary/aromatic N) is 1. The first-order valence-corrected chi connectivity index (χ1v) is 11.1. The molecule has 0 fully saturated rings. The minimum Gasteiger partial charge on any atom is -0.492 e. The van der Waals surface area contributed by atoms with Gasteiger partial charge < -0.3 is 14.4 Å². The van der Waals surface area contributed by atoms with Gasteiger partial charge in [-0.05, 0) is 36.5 Å². The molecule has 5 heteroatoms. The largest absolute Gasteiger partial charge is 0.492 e. The van der Waals surface area contributed by atoms with E-state index < -0.39 is 11.4 Å². The summed E-state index contributed by atoms with van der Waals surface area (Å²) in [7, 11) is 0. The number of aryl methyl sites for hydroxylation is 2. The number of carboxylic acid groups (broad SMARTS) is 1. The zero-order valence-corrected chi connectivity index (χ0v) is 19.1. The fourth-order valence-corrected chi connectivity index (χ4v) is 4.29. The van der Waals surface area contributed by atoms with Crippen LogP contribution in [-0.2, 0) is 19.4 Å². The van der Waals surface area contributed by atoms with E-state index in [-0.39, 0.29) is 5.56 Å². The first-order chi connectivity index (χ1) is 15.3. The van der Waals surface area contributed by atoms with Gasteiger partial charge in [-0.2, -0.15) is 0 Å². The van der Waals surface area contributed by atoms with Gasteiger partial charge in [0.05, 0.1) is 12.3 Å². The first kappa shape index (κ1) is 21.9. The van der Waals surface area contributed by atoms with E-state index in [2.05, 4.69) is 58.0 Å². The van der Waals surface area contributed by atoms with Crippen LogP contribution in [0.15, 0.2) is 47.4 Å². The van der Waals surface area contributed by atoms with Gasteiger partial charge in [-0.15, -0.1) is 0 Å². The van der Waals surface area contributed by atoms with Gasteiger partial charge in [-0.3, -0.25) is 4.79 Å². The van der Waals surface area contributed by atoms with Crippen LogP contribution in [0.25, 0.3) is 22.4 Å². The average Bonchev–Trinajstić information content (AvgIpc) is 3.23. The lowest BCUT2D eigenvalue weighted by Crippen LogP contribution is -2.22. The van der Waals surface area contributed by atoms with Gasteiger partial charge in [0.15, 0.2) is 5.43 Å². The van der Waals surface area contributed by atoms with Gasteiger partial charge >= 0.3 is 5.97 Å². The summed E-state index contributed by atoms with van der Waals surface area (Å²) < 4.78 is 7.88. The molecule has 0 bridgehead atoms. The minimum absolute atomic E-state index is 0.185. The summed E-state index contributed by atoms with van der Waals surface area (Å²) in [4.78, 5) is 23.7. The molecule has 2 aliphatic heterocycles. The fraction of sp³-hybridized carbons (Fsp3) is 0.333. The van der Waals surface area contributed by atoms with Crippen LogP contribution in [0.3, 0.4) is 0 Å². The number of ether oxygens (including phenoxy) is 1. The van der Waals surface area contributed by atoms with Crippen LogP contribution in [-0.4, -0.2) is 22.2 Å². The maximum Gasteiger partial charge on any atom is 0.341 e. The van der Waals surface area contributed by atoms with E-state index in [4.69, 9.17) is 4.74 Å². The standard InChI is InChI=1S/C23H19NO4.C4H10/c1-13-2-4-14(5-3-13)17-10-18-15(16-7-9-28-22(16)17)6-8-24-12-19(23(26)27)21(25)11-20(18)24;1-4(2)3/h2-5,10-12H,6-9H2,1H3,(H,26,27);4H,1-3H3. The topological polar surface area (TPSA) is 68.5 Å². The predicted octanol–water partition coefficient (Wildman–Crippen LogP) is 5.34. The third-order valence-electron chi connectivity index (χ3n) is 5.69. The lowest BCUT2D eigenvalue weighted by molar-refractivity contribution is 0.0694. The lowest BCUT2D eigenvalue weighted by Gasteiger charge is -2.25. The third kappa shape index (κ3) is 4.07. The number of fused-ring (bicyclic) bond motifs is 5. The molecular weight excluding hydrogens is 402 g/mol. The Kier molecular flexibility index (Phi) is 5.92. The minimum atomic E-state index is -1.19. The molecule has 0 saturated heterocycles. The lowest BCUT2D eigenvalue weighted by atomic mass is 9.87. The summed E-state index contributed by atoms with van der Waals surface area (Å²) in [5, 5.41) is 9.27. The van der Waals surface area contributed by atoms with E-state index in [9.17, 15) is 14.7 Å². The van der Waals surface area contributed by atoms with Gasteiger partial charge in [0.25, 0.3) is 0 Å². The van der Waals surface area contributed by atoms with E-state index in [1.807, 2.05) is 4.57 Å². The maximum absolute atomic E-state index is 12.3. The summed E-state index contributed by atoms with van der Waals surface area (Å²) in [6.07, 6.45) is 3.12. The number of hydrogen-bond acceptors (Lipinski definition) is 3. The molecule has 5 rings (SSSR count). The molecule has 1 N–H and O–H groups in total. The van der Waals surface area contributed by atoms with Crippen LogP contribution in [0.2, 0.25) is 0 Å². The fourth-order valence-electron chi connectivity index (χ4n) is 4.29. The average molecular weight is 432 g/mol. The van der Waals surface area contributed by atoms with Crippen molar-refractivity contribution in [1.82, 2.24) is 4.57 Å². The zero-order chi connectivity index (χ0) is 23.0.